The van der Waals surface area contributed by atoms with E-state index in [0.29, 0.717) is 24.6 Å². The van der Waals surface area contributed by atoms with Crippen LogP contribution >= 0.6 is 34.8 Å². The summed E-state index contributed by atoms with van der Waals surface area (Å²) in [5.74, 6) is -0.00385. The molecule has 1 fully saturated rings. The van der Waals surface area contributed by atoms with Crippen LogP contribution in [0.2, 0.25) is 0 Å². The molecule has 0 radical (unpaired) electrons. The van der Waals surface area contributed by atoms with Crippen molar-refractivity contribution < 1.29 is 28.1 Å². The van der Waals surface area contributed by atoms with E-state index in [4.69, 9.17) is 53.8 Å². The molecule has 1 aliphatic rings. The van der Waals surface area contributed by atoms with Crippen LogP contribution in [0.25, 0.3) is 5.69 Å². The zero-order valence-electron chi connectivity index (χ0n) is 19.8. The van der Waals surface area contributed by atoms with E-state index in [1.54, 1.807) is 12.1 Å². The Morgan fingerprint density at radius 2 is 1.97 bits per heavy atom. The number of rotatable bonds is 8. The molecule has 1 N–H and O–H groups in total. The fourth-order valence-electron chi connectivity index (χ4n) is 3.26. The largest absolute Gasteiger partial charge is 0.491 e. The first-order chi connectivity index (χ1) is 16.4. The predicted octanol–water partition coefficient (Wildman–Crippen LogP) is 6.15. The molecule has 1 unspecified atom stereocenters. The van der Waals surface area contributed by atoms with Crippen molar-refractivity contribution in [3.8, 4) is 11.4 Å². The van der Waals surface area contributed by atoms with Gasteiger partial charge in [-0.25, -0.2) is 13.9 Å². The van der Waals surface area contributed by atoms with Gasteiger partial charge in [-0.2, -0.15) is 5.10 Å². The molecule has 1 aliphatic heterocycles. The molecule has 8 nitrogen and oxygen atoms in total. The van der Waals surface area contributed by atoms with Gasteiger partial charge in [0, 0.05) is 30.2 Å². The molecule has 2 aromatic rings. The van der Waals surface area contributed by atoms with E-state index in [-0.39, 0.29) is 29.9 Å². The number of benzene rings is 1. The van der Waals surface area contributed by atoms with Crippen LogP contribution in [0, 0.1) is 5.82 Å². The van der Waals surface area contributed by atoms with Crippen molar-refractivity contribution >= 4 is 46.7 Å². The molecular formula is C23H29Cl3FN3O5. The number of carbonyl (C=O) groups excluding carboxylic acids is 1. The SMILES string of the molecule is CC(C)(C)c1cc(NC(=O)OCC(Cl)(Cl)Cl)n(-c2cc(F)cc(OCCOC3CCCCO3)c2)n1. The quantitative estimate of drug-likeness (QED) is 0.312. The third-order valence-corrected chi connectivity index (χ3v) is 5.30. The minimum absolute atomic E-state index is 0.212. The van der Waals surface area contributed by atoms with Gasteiger partial charge in [-0.05, 0) is 25.3 Å². The van der Waals surface area contributed by atoms with Crippen LogP contribution in [0.3, 0.4) is 0 Å². The van der Waals surface area contributed by atoms with Gasteiger partial charge in [0.05, 0.1) is 18.0 Å². The first-order valence-electron chi connectivity index (χ1n) is 11.2. The van der Waals surface area contributed by atoms with Gasteiger partial charge in [0.1, 0.15) is 30.6 Å². The van der Waals surface area contributed by atoms with Crippen LogP contribution in [0.4, 0.5) is 15.0 Å². The third kappa shape index (κ3) is 8.99. The smallest absolute Gasteiger partial charge is 0.412 e. The second-order valence-corrected chi connectivity index (χ2v) is 11.6. The Morgan fingerprint density at radius 3 is 2.63 bits per heavy atom. The lowest BCUT2D eigenvalue weighted by Crippen LogP contribution is -2.24. The lowest BCUT2D eigenvalue weighted by atomic mass is 9.92. The maximum atomic E-state index is 14.5. The van der Waals surface area contributed by atoms with Crippen molar-refractivity contribution in [2.45, 2.75) is 55.5 Å². The van der Waals surface area contributed by atoms with Gasteiger partial charge >= 0.3 is 6.09 Å². The molecule has 1 saturated heterocycles. The highest BCUT2D eigenvalue weighted by Gasteiger charge is 2.25. The Bertz CT molecular complexity index is 1000. The molecule has 0 spiro atoms. The highest BCUT2D eigenvalue weighted by atomic mass is 35.6. The summed E-state index contributed by atoms with van der Waals surface area (Å²) in [5.41, 5.74) is 0.638. The zero-order chi connectivity index (χ0) is 25.6. The fourth-order valence-corrected chi connectivity index (χ4v) is 3.42. The third-order valence-electron chi connectivity index (χ3n) is 4.97. The number of amides is 1. The summed E-state index contributed by atoms with van der Waals surface area (Å²) in [6, 6.07) is 5.81. The summed E-state index contributed by atoms with van der Waals surface area (Å²) in [5, 5.41) is 7.13. The number of ether oxygens (including phenoxy) is 4. The molecule has 1 aromatic carbocycles. The van der Waals surface area contributed by atoms with Gasteiger partial charge in [-0.3, -0.25) is 5.32 Å². The van der Waals surface area contributed by atoms with Gasteiger partial charge in [0.2, 0.25) is 3.79 Å². The van der Waals surface area contributed by atoms with Gasteiger partial charge in [0.25, 0.3) is 0 Å². The minimum atomic E-state index is -1.75. The topological polar surface area (TPSA) is 83.8 Å². The fraction of sp³-hybridized carbons (Fsp3) is 0.565. The van der Waals surface area contributed by atoms with E-state index in [1.807, 2.05) is 20.8 Å². The molecule has 12 heteroatoms. The summed E-state index contributed by atoms with van der Waals surface area (Å²) < 4.78 is 35.9. The van der Waals surface area contributed by atoms with Crippen molar-refractivity contribution in [2.24, 2.45) is 0 Å². The lowest BCUT2D eigenvalue weighted by molar-refractivity contribution is -0.165. The summed E-state index contributed by atoms with van der Waals surface area (Å²) >= 11 is 16.9. The number of anilines is 1. The zero-order valence-corrected chi connectivity index (χ0v) is 22.1. The van der Waals surface area contributed by atoms with Crippen LogP contribution < -0.4 is 10.1 Å². The van der Waals surface area contributed by atoms with Gasteiger partial charge in [-0.1, -0.05) is 55.6 Å². The molecule has 35 heavy (non-hydrogen) atoms. The van der Waals surface area contributed by atoms with Crippen molar-refractivity contribution in [3.05, 3.63) is 35.8 Å². The molecule has 3 rings (SSSR count). The average molecular weight is 553 g/mol. The second kappa shape index (κ2) is 12.0. The van der Waals surface area contributed by atoms with E-state index in [0.717, 1.165) is 19.3 Å². The highest BCUT2D eigenvalue weighted by molar-refractivity contribution is 6.67. The van der Waals surface area contributed by atoms with Crippen LogP contribution in [-0.4, -0.2) is 52.4 Å². The van der Waals surface area contributed by atoms with Gasteiger partial charge < -0.3 is 18.9 Å². The van der Waals surface area contributed by atoms with E-state index < -0.39 is 22.3 Å². The first-order valence-corrected chi connectivity index (χ1v) is 12.3. The summed E-state index contributed by atoms with van der Waals surface area (Å²) in [4.78, 5) is 12.3. The molecule has 1 aromatic heterocycles. The van der Waals surface area contributed by atoms with Crippen LogP contribution in [0.15, 0.2) is 24.3 Å². The monoisotopic (exact) mass is 551 g/mol. The van der Waals surface area contributed by atoms with Crippen molar-refractivity contribution in [1.29, 1.82) is 0 Å². The Balaban J connectivity index is 1.74. The number of carbonyl (C=O) groups is 1. The summed E-state index contributed by atoms with van der Waals surface area (Å²) in [7, 11) is 0. The Hall–Kier alpha value is -1.78. The predicted molar refractivity (Wildman–Crippen MR) is 133 cm³/mol. The van der Waals surface area contributed by atoms with Crippen molar-refractivity contribution in [1.82, 2.24) is 9.78 Å². The van der Waals surface area contributed by atoms with Crippen molar-refractivity contribution in [3.63, 3.8) is 0 Å². The number of nitrogens with zero attached hydrogens (tertiary/aromatic N) is 2. The van der Waals surface area contributed by atoms with E-state index in [9.17, 15) is 9.18 Å². The van der Waals surface area contributed by atoms with Crippen LogP contribution in [-0.2, 0) is 19.6 Å². The standard InChI is InChI=1S/C23H29Cl3FN3O5/c1-22(2,3)18-13-19(28-21(31)35-14-23(24,25)26)30(29-18)16-10-15(27)11-17(12-16)32-8-9-34-20-6-4-5-7-33-20/h10-13,20H,4-9,14H2,1-3H3,(H,28,31). The average Bonchev–Trinajstić information content (AvgIpc) is 3.20. The molecule has 194 valence electrons. The van der Waals surface area contributed by atoms with Crippen LogP contribution in [0.1, 0.15) is 45.7 Å². The summed E-state index contributed by atoms with van der Waals surface area (Å²) in [6.07, 6.45) is 1.86. The normalized spacial score (nSPS) is 16.7. The van der Waals surface area contributed by atoms with Gasteiger partial charge in [-0.15, -0.1) is 0 Å². The van der Waals surface area contributed by atoms with E-state index in [1.165, 1.54) is 16.8 Å². The second-order valence-electron chi connectivity index (χ2n) is 9.05. The van der Waals surface area contributed by atoms with E-state index >= 15 is 0 Å². The number of alkyl halides is 3. The Kier molecular flexibility index (Phi) is 9.51. The molecule has 0 bridgehead atoms. The Labute approximate surface area is 218 Å². The minimum Gasteiger partial charge on any atom is -0.491 e. The molecule has 0 saturated carbocycles. The molecular weight excluding hydrogens is 524 g/mol. The molecule has 1 amide bonds. The number of nitrogens with one attached hydrogen (secondary N) is 1. The Morgan fingerprint density at radius 1 is 1.20 bits per heavy atom. The van der Waals surface area contributed by atoms with Gasteiger partial charge in [0.15, 0.2) is 6.29 Å². The highest BCUT2D eigenvalue weighted by Crippen LogP contribution is 2.29. The molecule has 2 heterocycles. The molecule has 0 aliphatic carbocycles. The number of halogens is 4. The number of hydrogen-bond donors (Lipinski definition) is 1. The van der Waals surface area contributed by atoms with E-state index in [2.05, 4.69) is 10.4 Å². The maximum Gasteiger partial charge on any atom is 0.412 e. The van der Waals surface area contributed by atoms with Crippen molar-refractivity contribution in [2.75, 3.05) is 31.7 Å². The summed E-state index contributed by atoms with van der Waals surface area (Å²) in [6.45, 7) is 6.63. The lowest BCUT2D eigenvalue weighted by Gasteiger charge is -2.22. The van der Waals surface area contributed by atoms with Crippen LogP contribution in [0.5, 0.6) is 5.75 Å². The first kappa shape index (κ1) is 27.8. The maximum absolute atomic E-state index is 14.5. The molecule has 1 atom stereocenters. The number of aromatic nitrogens is 2. The number of hydrogen-bond acceptors (Lipinski definition) is 6.